The highest BCUT2D eigenvalue weighted by Gasteiger charge is 2.52. The van der Waals surface area contributed by atoms with Gasteiger partial charge < -0.3 is 36.0 Å². The lowest BCUT2D eigenvalue weighted by atomic mass is 9.84. The summed E-state index contributed by atoms with van der Waals surface area (Å²) in [6, 6.07) is 57.7. The molecule has 0 spiro atoms. The summed E-state index contributed by atoms with van der Waals surface area (Å²) in [5.74, 6) is -3.32. The number of ether oxygens (including phenoxy) is 1. The van der Waals surface area contributed by atoms with Crippen molar-refractivity contribution in [3.8, 4) is 0 Å². The summed E-state index contributed by atoms with van der Waals surface area (Å²) in [7, 11) is 0. The van der Waals surface area contributed by atoms with Gasteiger partial charge in [-0.05, 0) is 85.6 Å². The van der Waals surface area contributed by atoms with E-state index in [2.05, 4.69) is 52.3 Å². The van der Waals surface area contributed by atoms with E-state index in [1.165, 1.54) is 11.8 Å². The standard InChI is InChI=1S/C63H69N3O9S2/c1-60(2,3)75-57(72)38-37-52(64-55(69)42-51(67)36-22-23-41-76-62(45-24-10-4-11-25-45,46-26-12-5-13-27-46)47-28-14-6-15-29-47)58(73)65-53(59(74)66-61(39-40-61)54(68)43-56(70)71)44-77-63(48-30-16-7-17-31-48,49-32-18-8-19-33-49)50-34-20-9-21-35-50/h4-22,24-36,51-54,67-68H,23,37-44H2,1-3H3,(H,64,69)(H,65,73)(H,66,74)(H,70,71)/t51-,52-,53-,54?/m1/s1. The summed E-state index contributed by atoms with van der Waals surface area (Å²) in [6.07, 6.45) is 0.533. The largest absolute Gasteiger partial charge is 0.481 e. The van der Waals surface area contributed by atoms with Gasteiger partial charge in [-0.2, -0.15) is 0 Å². The topological polar surface area (TPSA) is 191 Å². The Hall–Kier alpha value is -6.97. The van der Waals surface area contributed by atoms with Gasteiger partial charge in [0.2, 0.25) is 17.7 Å². The van der Waals surface area contributed by atoms with E-state index in [1.807, 2.05) is 152 Å². The van der Waals surface area contributed by atoms with Crippen LogP contribution < -0.4 is 16.0 Å². The maximum Gasteiger partial charge on any atom is 0.306 e. The number of carboxylic acid groups (broad SMARTS) is 1. The van der Waals surface area contributed by atoms with Crippen LogP contribution in [-0.2, 0) is 38.2 Å². The van der Waals surface area contributed by atoms with Crippen molar-refractivity contribution >= 4 is 53.2 Å². The molecule has 4 atom stereocenters. The number of hydrogen-bond acceptors (Lipinski definition) is 10. The van der Waals surface area contributed by atoms with E-state index in [0.717, 1.165) is 33.4 Å². The first-order chi connectivity index (χ1) is 37.0. The minimum absolute atomic E-state index is 0.0426. The number of carbonyl (C=O) groups excluding carboxylic acids is 4. The van der Waals surface area contributed by atoms with E-state index in [4.69, 9.17) is 4.74 Å². The van der Waals surface area contributed by atoms with Gasteiger partial charge in [0.1, 0.15) is 17.7 Å². The van der Waals surface area contributed by atoms with Crippen LogP contribution >= 0.6 is 23.5 Å². The van der Waals surface area contributed by atoms with Gasteiger partial charge in [-0.15, -0.1) is 23.5 Å². The summed E-state index contributed by atoms with van der Waals surface area (Å²) < 4.78 is 4.11. The lowest BCUT2D eigenvalue weighted by Gasteiger charge is -2.37. The molecular formula is C63H69N3O9S2. The average molecular weight is 1080 g/mol. The zero-order valence-electron chi connectivity index (χ0n) is 43.8. The molecule has 14 heteroatoms. The van der Waals surface area contributed by atoms with Crippen LogP contribution in [0, 0.1) is 0 Å². The normalized spacial score (nSPS) is 14.8. The molecule has 0 bridgehead atoms. The first-order valence-corrected chi connectivity index (χ1v) is 28.0. The Morgan fingerprint density at radius 3 is 1.39 bits per heavy atom. The number of hydrogen-bond donors (Lipinski definition) is 6. The molecule has 1 unspecified atom stereocenters. The molecule has 7 rings (SSSR count). The predicted molar refractivity (Wildman–Crippen MR) is 305 cm³/mol. The quantitative estimate of drug-likeness (QED) is 0.0125. The SMILES string of the molecule is CC(C)(C)OC(=O)CC[C@@H](NC(=O)C[C@H](O)C=CCCSC(c1ccccc1)(c1ccccc1)c1ccccc1)C(=O)N[C@H](CSC(c1ccccc1)(c1ccccc1)c1ccccc1)C(=O)NC1(C(O)CC(=O)O)CC1. The van der Waals surface area contributed by atoms with Gasteiger partial charge in [0.05, 0.1) is 40.1 Å². The molecule has 1 aliphatic carbocycles. The molecule has 402 valence electrons. The number of thioether (sulfide) groups is 2. The van der Waals surface area contributed by atoms with Crippen molar-refractivity contribution in [1.82, 2.24) is 16.0 Å². The summed E-state index contributed by atoms with van der Waals surface area (Å²) >= 11 is 3.18. The van der Waals surface area contributed by atoms with E-state index in [0.29, 0.717) is 25.0 Å². The van der Waals surface area contributed by atoms with Crippen molar-refractivity contribution < 1.29 is 44.0 Å². The average Bonchev–Trinajstić information content (AvgIpc) is 4.29. The van der Waals surface area contributed by atoms with Crippen LogP contribution in [0.5, 0.6) is 0 Å². The smallest absolute Gasteiger partial charge is 0.306 e. The highest BCUT2D eigenvalue weighted by Crippen LogP contribution is 2.50. The third kappa shape index (κ3) is 15.4. The molecule has 12 nitrogen and oxygen atoms in total. The van der Waals surface area contributed by atoms with Crippen LogP contribution in [0.25, 0.3) is 0 Å². The minimum atomic E-state index is -1.39. The number of esters is 1. The van der Waals surface area contributed by atoms with Crippen molar-refractivity contribution in [2.75, 3.05) is 11.5 Å². The van der Waals surface area contributed by atoms with E-state index < -0.39 is 87.4 Å². The Morgan fingerprint density at radius 2 is 1.00 bits per heavy atom. The van der Waals surface area contributed by atoms with Gasteiger partial charge in [-0.3, -0.25) is 24.0 Å². The number of carboxylic acids is 1. The van der Waals surface area contributed by atoms with Gasteiger partial charge in [0.15, 0.2) is 0 Å². The number of allylic oxidation sites excluding steroid dienone is 1. The lowest BCUT2D eigenvalue weighted by Crippen LogP contribution is -2.58. The Labute approximate surface area is 460 Å². The van der Waals surface area contributed by atoms with Gasteiger partial charge in [0.25, 0.3) is 0 Å². The van der Waals surface area contributed by atoms with Crippen molar-refractivity contribution in [2.24, 2.45) is 0 Å². The van der Waals surface area contributed by atoms with Crippen LogP contribution in [0.15, 0.2) is 194 Å². The lowest BCUT2D eigenvalue weighted by molar-refractivity contribution is -0.155. The van der Waals surface area contributed by atoms with Crippen LogP contribution in [0.3, 0.4) is 0 Å². The maximum absolute atomic E-state index is 14.7. The fraction of sp³-hybridized carbons (Fsp3) is 0.317. The number of benzene rings is 6. The number of aliphatic carboxylic acids is 1. The molecule has 0 aromatic heterocycles. The molecule has 6 aromatic rings. The van der Waals surface area contributed by atoms with Crippen LogP contribution in [0.1, 0.15) is 99.1 Å². The third-order valence-electron chi connectivity index (χ3n) is 13.4. The molecule has 6 N–H and O–H groups in total. The molecule has 0 heterocycles. The summed E-state index contributed by atoms with van der Waals surface area (Å²) in [4.78, 5) is 68.1. The molecule has 77 heavy (non-hydrogen) atoms. The Balaban J connectivity index is 1.11. The second-order valence-corrected chi connectivity index (χ2v) is 22.8. The maximum atomic E-state index is 14.7. The van der Waals surface area contributed by atoms with E-state index in [-0.39, 0.29) is 18.6 Å². The number of nitrogens with one attached hydrogen (secondary N) is 3. The van der Waals surface area contributed by atoms with E-state index >= 15 is 0 Å². The van der Waals surface area contributed by atoms with Crippen molar-refractivity contribution in [1.29, 1.82) is 0 Å². The van der Waals surface area contributed by atoms with Crippen molar-refractivity contribution in [2.45, 2.75) is 111 Å². The van der Waals surface area contributed by atoms with Crippen LogP contribution in [0.4, 0.5) is 0 Å². The van der Waals surface area contributed by atoms with Crippen molar-refractivity contribution in [3.05, 3.63) is 228 Å². The molecular weight excluding hydrogens is 1010 g/mol. The highest BCUT2D eigenvalue weighted by atomic mass is 32.2. The number of amides is 3. The zero-order valence-corrected chi connectivity index (χ0v) is 45.4. The fourth-order valence-corrected chi connectivity index (χ4v) is 12.6. The molecule has 6 aromatic carbocycles. The molecule has 1 aliphatic rings. The van der Waals surface area contributed by atoms with Crippen molar-refractivity contribution in [3.63, 3.8) is 0 Å². The first kappa shape index (κ1) is 57.7. The van der Waals surface area contributed by atoms with E-state index in [1.54, 1.807) is 38.6 Å². The Kier molecular flexibility index (Phi) is 20.1. The number of rotatable bonds is 27. The number of carbonyl (C=O) groups is 5. The van der Waals surface area contributed by atoms with Gasteiger partial charge >= 0.3 is 11.9 Å². The molecule has 1 fully saturated rings. The Bertz CT molecular complexity index is 2690. The highest BCUT2D eigenvalue weighted by molar-refractivity contribution is 8.00. The second-order valence-electron chi connectivity index (χ2n) is 20.3. The van der Waals surface area contributed by atoms with Gasteiger partial charge in [-0.1, -0.05) is 194 Å². The summed E-state index contributed by atoms with van der Waals surface area (Å²) in [5, 5.41) is 40.3. The van der Waals surface area contributed by atoms with Crippen LogP contribution in [-0.4, -0.2) is 91.9 Å². The monoisotopic (exact) mass is 1080 g/mol. The second kappa shape index (κ2) is 26.9. The number of aliphatic hydroxyl groups is 2. The molecule has 1 saturated carbocycles. The molecule has 0 aliphatic heterocycles. The third-order valence-corrected chi connectivity index (χ3v) is 16.6. The minimum Gasteiger partial charge on any atom is -0.481 e. The number of aliphatic hydroxyl groups excluding tert-OH is 2. The van der Waals surface area contributed by atoms with Gasteiger partial charge in [0, 0.05) is 12.2 Å². The summed E-state index contributed by atoms with van der Waals surface area (Å²) in [5.41, 5.74) is 4.03. The molecule has 3 amide bonds. The Morgan fingerprint density at radius 1 is 0.584 bits per heavy atom. The molecule has 0 radical (unpaired) electrons. The first-order valence-electron chi connectivity index (χ1n) is 26.0. The van der Waals surface area contributed by atoms with E-state index in [9.17, 15) is 39.3 Å². The predicted octanol–water partition coefficient (Wildman–Crippen LogP) is 9.71. The molecule has 0 saturated heterocycles. The van der Waals surface area contributed by atoms with Crippen LogP contribution in [0.2, 0.25) is 0 Å². The fourth-order valence-electron chi connectivity index (χ4n) is 9.54. The zero-order chi connectivity index (χ0) is 54.9. The summed E-state index contributed by atoms with van der Waals surface area (Å²) in [6.45, 7) is 5.16. The van der Waals surface area contributed by atoms with Gasteiger partial charge in [-0.25, -0.2) is 0 Å².